The van der Waals surface area contributed by atoms with E-state index in [1.54, 1.807) is 0 Å². The summed E-state index contributed by atoms with van der Waals surface area (Å²) < 4.78 is 189. The molecule has 2 nitrogen and oxygen atoms in total. The average molecular weight is 430 g/mol. The molecule has 0 radical (unpaired) electrons. The third kappa shape index (κ3) is 6.88. The van der Waals surface area contributed by atoms with Gasteiger partial charge in [-0.3, -0.25) is 4.74 Å². The Bertz CT molecular complexity index is 450. The van der Waals surface area contributed by atoms with Crippen molar-refractivity contribution < 1.29 is 75.3 Å². The second kappa shape index (κ2) is 7.47. The Morgan fingerprint density at radius 2 is 1.00 bits per heavy atom. The number of ether oxygens (including phenoxy) is 2. The van der Waals surface area contributed by atoms with Crippen LogP contribution in [0, 0.1) is 0 Å². The van der Waals surface area contributed by atoms with Crippen molar-refractivity contribution >= 4 is 0 Å². The summed E-state index contributed by atoms with van der Waals surface area (Å²) in [7, 11) is 0. The highest BCUT2D eigenvalue weighted by molar-refractivity contribution is 4.88. The minimum Gasteiger partial charge on any atom is -0.337 e. The Balaban J connectivity index is 5.74. The van der Waals surface area contributed by atoms with Crippen molar-refractivity contribution in [3.63, 3.8) is 0 Å². The molecule has 0 aromatic rings. The molecule has 0 N–H and O–H groups in total. The van der Waals surface area contributed by atoms with Crippen LogP contribution in [-0.4, -0.2) is 55.8 Å². The Morgan fingerprint density at radius 1 is 0.615 bits per heavy atom. The van der Waals surface area contributed by atoms with Crippen molar-refractivity contribution in [1.82, 2.24) is 0 Å². The molecule has 0 saturated carbocycles. The number of hydrogen-bond acceptors (Lipinski definition) is 2. The van der Waals surface area contributed by atoms with Gasteiger partial charge < -0.3 is 4.74 Å². The zero-order valence-electron chi connectivity index (χ0n) is 11.4. The third-order valence-corrected chi connectivity index (χ3v) is 2.18. The van der Waals surface area contributed by atoms with Crippen molar-refractivity contribution in [1.29, 1.82) is 0 Å². The lowest BCUT2D eigenvalue weighted by atomic mass is 10.2. The van der Waals surface area contributed by atoms with E-state index in [1.807, 2.05) is 0 Å². The first kappa shape index (κ1) is 24.9. The van der Waals surface area contributed by atoms with Gasteiger partial charge in [-0.05, 0) is 0 Å². The first-order valence-electron chi connectivity index (χ1n) is 5.65. The molecule has 0 spiro atoms. The van der Waals surface area contributed by atoms with Gasteiger partial charge in [-0.1, -0.05) is 0 Å². The molecule has 0 aliphatic carbocycles. The Kier molecular flexibility index (Phi) is 7.15. The lowest BCUT2D eigenvalue weighted by molar-refractivity contribution is -0.421. The summed E-state index contributed by atoms with van der Waals surface area (Å²) in [6.45, 7) is -3.06. The minimum atomic E-state index is -6.57. The lowest BCUT2D eigenvalue weighted by Gasteiger charge is -2.33. The van der Waals surface area contributed by atoms with Crippen LogP contribution in [0.3, 0.4) is 0 Å². The van der Waals surface area contributed by atoms with Gasteiger partial charge in [-0.25, -0.2) is 8.78 Å². The molecular formula is C9H5F15O2. The van der Waals surface area contributed by atoms with E-state index < -0.39 is 55.8 Å². The quantitative estimate of drug-likeness (QED) is 0.421. The van der Waals surface area contributed by atoms with Crippen LogP contribution in [0.15, 0.2) is 0 Å². The van der Waals surface area contributed by atoms with Gasteiger partial charge in [0.25, 0.3) is 12.3 Å². The Labute approximate surface area is 132 Å². The van der Waals surface area contributed by atoms with Gasteiger partial charge in [0.05, 0.1) is 0 Å². The van der Waals surface area contributed by atoms with Crippen molar-refractivity contribution in [2.75, 3.05) is 6.61 Å². The lowest BCUT2D eigenvalue weighted by Crippen LogP contribution is -2.56. The van der Waals surface area contributed by atoms with Gasteiger partial charge in [0.15, 0.2) is 0 Å². The number of alkyl halides is 15. The fourth-order valence-electron chi connectivity index (χ4n) is 1.12. The van der Waals surface area contributed by atoms with E-state index in [0.29, 0.717) is 0 Å². The Hall–Kier alpha value is -1.13. The summed E-state index contributed by atoms with van der Waals surface area (Å²) in [5.74, 6) is -6.40. The maximum absolute atomic E-state index is 13.2. The minimum absolute atomic E-state index is 2.36. The molecule has 3 atom stereocenters. The largest absolute Gasteiger partial charge is 0.428 e. The van der Waals surface area contributed by atoms with Crippen molar-refractivity contribution in [3.05, 3.63) is 0 Å². The molecule has 0 aliphatic rings. The molecule has 0 aromatic heterocycles. The molecular weight excluding hydrogens is 425 g/mol. The smallest absolute Gasteiger partial charge is 0.337 e. The third-order valence-electron chi connectivity index (χ3n) is 2.18. The summed E-state index contributed by atoms with van der Waals surface area (Å²) in [5.41, 5.74) is 0. The standard InChI is InChI=1S/C9H5F15O2/c10-2(7(17,18)19)6(15,16)4(25-1-5(12,13)14)26-9(23,24)3(11)8(20,21)22/h2-4H,1H2. The van der Waals surface area contributed by atoms with Crippen LogP contribution in [0.4, 0.5) is 65.9 Å². The van der Waals surface area contributed by atoms with E-state index >= 15 is 0 Å². The predicted molar refractivity (Wildman–Crippen MR) is 48.7 cm³/mol. The summed E-state index contributed by atoms with van der Waals surface area (Å²) in [6, 6.07) is 0. The van der Waals surface area contributed by atoms with E-state index in [1.165, 1.54) is 0 Å². The second-order valence-corrected chi connectivity index (χ2v) is 4.42. The first-order valence-corrected chi connectivity index (χ1v) is 5.65. The van der Waals surface area contributed by atoms with Crippen LogP contribution in [0.1, 0.15) is 0 Å². The fourth-order valence-corrected chi connectivity index (χ4v) is 1.12. The van der Waals surface area contributed by atoms with Gasteiger partial charge in [-0.15, -0.1) is 0 Å². The van der Waals surface area contributed by atoms with Crippen LogP contribution in [0.5, 0.6) is 0 Å². The van der Waals surface area contributed by atoms with Gasteiger partial charge in [-0.2, -0.15) is 57.1 Å². The van der Waals surface area contributed by atoms with E-state index in [4.69, 9.17) is 0 Å². The van der Waals surface area contributed by atoms with E-state index in [9.17, 15) is 65.9 Å². The maximum atomic E-state index is 13.2. The Morgan fingerprint density at radius 3 is 1.31 bits per heavy atom. The van der Waals surface area contributed by atoms with Crippen molar-refractivity contribution in [2.45, 2.75) is 49.2 Å². The van der Waals surface area contributed by atoms with Crippen LogP contribution in [0.25, 0.3) is 0 Å². The summed E-state index contributed by atoms with van der Waals surface area (Å²) in [5, 5.41) is 0. The summed E-state index contributed by atoms with van der Waals surface area (Å²) >= 11 is 0. The van der Waals surface area contributed by atoms with Gasteiger partial charge in [0.1, 0.15) is 6.61 Å². The average Bonchev–Trinajstić information content (AvgIpc) is 2.38. The highest BCUT2D eigenvalue weighted by atomic mass is 19.4. The molecule has 0 fully saturated rings. The van der Waals surface area contributed by atoms with Crippen molar-refractivity contribution in [3.8, 4) is 0 Å². The SMILES string of the molecule is FC(C(F)(F)F)C(F)(F)OC(OCC(F)(F)F)C(F)(F)C(F)C(F)(F)F. The zero-order chi connectivity index (χ0) is 21.4. The molecule has 158 valence electrons. The van der Waals surface area contributed by atoms with Crippen LogP contribution in [-0.2, 0) is 9.47 Å². The molecule has 0 amide bonds. The van der Waals surface area contributed by atoms with Gasteiger partial charge >= 0.3 is 30.6 Å². The molecule has 3 unspecified atom stereocenters. The topological polar surface area (TPSA) is 18.5 Å². The second-order valence-electron chi connectivity index (χ2n) is 4.42. The van der Waals surface area contributed by atoms with E-state index in [0.717, 1.165) is 0 Å². The molecule has 0 bridgehead atoms. The van der Waals surface area contributed by atoms with E-state index in [-0.39, 0.29) is 0 Å². The number of hydrogen-bond donors (Lipinski definition) is 0. The first-order chi connectivity index (χ1) is 11.1. The monoisotopic (exact) mass is 430 g/mol. The predicted octanol–water partition coefficient (Wildman–Crippen LogP) is 4.94. The molecule has 0 aromatic carbocycles. The van der Waals surface area contributed by atoms with Crippen LogP contribution < -0.4 is 0 Å². The molecule has 0 saturated heterocycles. The summed E-state index contributed by atoms with van der Waals surface area (Å²) in [6.07, 6.45) is -41.0. The molecule has 17 heteroatoms. The molecule has 0 heterocycles. The molecule has 0 aliphatic heterocycles. The molecule has 26 heavy (non-hydrogen) atoms. The summed E-state index contributed by atoms with van der Waals surface area (Å²) in [4.78, 5) is 0. The normalized spacial score (nSPS) is 18.6. The highest BCUT2D eigenvalue weighted by Crippen LogP contribution is 2.43. The van der Waals surface area contributed by atoms with Gasteiger partial charge in [0, 0.05) is 0 Å². The molecule has 0 rings (SSSR count). The van der Waals surface area contributed by atoms with Crippen LogP contribution in [0.2, 0.25) is 0 Å². The number of rotatable bonds is 7. The number of halogens is 15. The van der Waals surface area contributed by atoms with Gasteiger partial charge in [0.2, 0.25) is 6.29 Å². The zero-order valence-corrected chi connectivity index (χ0v) is 11.4. The van der Waals surface area contributed by atoms with Crippen LogP contribution >= 0.6 is 0 Å². The highest BCUT2D eigenvalue weighted by Gasteiger charge is 2.66. The maximum Gasteiger partial charge on any atom is 0.428 e. The fraction of sp³-hybridized carbons (Fsp3) is 1.00. The van der Waals surface area contributed by atoms with Crippen molar-refractivity contribution in [2.24, 2.45) is 0 Å². The van der Waals surface area contributed by atoms with E-state index in [2.05, 4.69) is 9.47 Å².